The molecule has 0 amide bonds. The highest BCUT2D eigenvalue weighted by Crippen LogP contribution is 2.26. The summed E-state index contributed by atoms with van der Waals surface area (Å²) in [5, 5.41) is 9.71. The van der Waals surface area contributed by atoms with Crippen LogP contribution in [-0.2, 0) is 0 Å². The van der Waals surface area contributed by atoms with Crippen LogP contribution in [0.4, 0.5) is 11.9 Å². The lowest BCUT2D eigenvalue weighted by Gasteiger charge is -2.11. The first-order chi connectivity index (χ1) is 13.8. The molecule has 0 unspecified atom stereocenters. The Morgan fingerprint density at radius 2 is 1.86 bits per heavy atom. The predicted octanol–water partition coefficient (Wildman–Crippen LogP) is 3.00. The highest BCUT2D eigenvalue weighted by molar-refractivity contribution is 5.88. The van der Waals surface area contributed by atoms with Gasteiger partial charge >= 0.3 is 0 Å². The molecule has 2 aromatic heterocycles. The number of ether oxygens (including phenoxy) is 1. The molecule has 29 heavy (non-hydrogen) atoms. The minimum absolute atomic E-state index is 0.0727. The Balaban J connectivity index is 2.07. The van der Waals surface area contributed by atoms with E-state index in [4.69, 9.17) is 10.5 Å². The summed E-state index contributed by atoms with van der Waals surface area (Å²) in [5.74, 6) is 1.52. The monoisotopic (exact) mass is 389 g/mol. The number of methoxy groups -OCH3 is 1. The molecule has 0 saturated carbocycles. The minimum Gasteiger partial charge on any atom is -0.497 e. The molecule has 0 aliphatic rings. The fourth-order valence-electron chi connectivity index (χ4n) is 3.07. The van der Waals surface area contributed by atoms with Crippen LogP contribution < -0.4 is 15.4 Å². The maximum Gasteiger partial charge on any atom is 0.230 e. The van der Waals surface area contributed by atoms with Crippen molar-refractivity contribution in [3.63, 3.8) is 0 Å². The topological polar surface area (TPSA) is 106 Å². The lowest BCUT2D eigenvalue weighted by molar-refractivity contribution is 0.414. The molecule has 2 N–H and O–H groups in total. The Hall–Kier alpha value is -3.86. The van der Waals surface area contributed by atoms with Gasteiger partial charge in [0.1, 0.15) is 11.8 Å². The molecule has 0 atom stereocenters. The maximum atomic E-state index is 9.71. The van der Waals surface area contributed by atoms with Gasteiger partial charge in [0.25, 0.3) is 0 Å². The summed E-state index contributed by atoms with van der Waals surface area (Å²) < 4.78 is 7.35. The number of aryl methyl sites for hydroxylation is 1. The minimum atomic E-state index is 0.0727. The van der Waals surface area contributed by atoms with E-state index >= 15 is 0 Å². The van der Waals surface area contributed by atoms with Crippen molar-refractivity contribution in [2.75, 3.05) is 31.8 Å². The fraction of sp³-hybridized carbons (Fsp3) is 0.238. The lowest BCUT2D eigenvalue weighted by atomic mass is 10.1. The zero-order chi connectivity index (χ0) is 21.1. The van der Waals surface area contributed by atoms with E-state index in [0.717, 1.165) is 28.4 Å². The molecule has 0 fully saturated rings. The highest BCUT2D eigenvalue weighted by Gasteiger charge is 2.14. The van der Waals surface area contributed by atoms with Crippen LogP contribution in [0.25, 0.3) is 17.3 Å². The average Bonchev–Trinajstić information content (AvgIpc) is 2.98. The first-order valence-corrected chi connectivity index (χ1v) is 8.98. The van der Waals surface area contributed by atoms with Crippen LogP contribution in [0.15, 0.2) is 30.3 Å². The summed E-state index contributed by atoms with van der Waals surface area (Å²) >= 11 is 0. The molecule has 0 bridgehead atoms. The number of nitrogens with two attached hydrogens (primary N) is 1. The summed E-state index contributed by atoms with van der Waals surface area (Å²) in [7, 11) is 5.25. The van der Waals surface area contributed by atoms with Crippen LogP contribution in [-0.4, -0.2) is 40.7 Å². The van der Waals surface area contributed by atoms with Gasteiger partial charge in [-0.25, -0.2) is 0 Å². The standard InChI is InChI=1S/C21H23N7O/c1-13-10-15(14(2)28(13)17-6-8-18(29-5)9-7-17)11-16(12-22)19-24-20(23)26-21(25-19)27(3)4/h6-11H,1-5H3,(H2,23,24,25,26)/b16-11-. The van der Waals surface area contributed by atoms with Gasteiger partial charge in [-0.1, -0.05) is 0 Å². The van der Waals surface area contributed by atoms with E-state index in [2.05, 4.69) is 25.6 Å². The molecule has 1 aromatic carbocycles. The van der Waals surface area contributed by atoms with Crippen LogP contribution in [0.5, 0.6) is 5.75 Å². The number of anilines is 2. The van der Waals surface area contributed by atoms with E-state index in [1.165, 1.54) is 0 Å². The van der Waals surface area contributed by atoms with Crippen molar-refractivity contribution in [3.8, 4) is 17.5 Å². The van der Waals surface area contributed by atoms with Crippen molar-refractivity contribution >= 4 is 23.5 Å². The van der Waals surface area contributed by atoms with Gasteiger partial charge in [0.05, 0.1) is 12.7 Å². The molecule has 0 saturated heterocycles. The van der Waals surface area contributed by atoms with E-state index < -0.39 is 0 Å². The second-order valence-electron chi connectivity index (χ2n) is 6.74. The van der Waals surface area contributed by atoms with Gasteiger partial charge in [0.15, 0.2) is 5.82 Å². The SMILES string of the molecule is COc1ccc(-n2c(C)cc(/C=C(/C#N)c3nc(N)nc(N(C)C)n3)c2C)cc1. The lowest BCUT2D eigenvalue weighted by Crippen LogP contribution is -2.15. The van der Waals surface area contributed by atoms with Crippen LogP contribution >= 0.6 is 0 Å². The van der Waals surface area contributed by atoms with Gasteiger partial charge < -0.3 is 19.9 Å². The molecule has 0 aliphatic heterocycles. The van der Waals surface area contributed by atoms with E-state index in [9.17, 15) is 5.26 Å². The molecular formula is C21H23N7O. The number of hydrogen-bond acceptors (Lipinski definition) is 7. The van der Waals surface area contributed by atoms with Crippen molar-refractivity contribution in [1.29, 1.82) is 5.26 Å². The molecular weight excluding hydrogens is 366 g/mol. The van der Waals surface area contributed by atoms with Crippen molar-refractivity contribution < 1.29 is 4.74 Å². The number of rotatable bonds is 5. The van der Waals surface area contributed by atoms with E-state index in [1.54, 1.807) is 32.2 Å². The van der Waals surface area contributed by atoms with Crippen molar-refractivity contribution in [3.05, 3.63) is 53.1 Å². The molecule has 8 nitrogen and oxygen atoms in total. The zero-order valence-electron chi connectivity index (χ0n) is 17.1. The Morgan fingerprint density at radius 3 is 2.45 bits per heavy atom. The zero-order valence-corrected chi connectivity index (χ0v) is 17.1. The largest absolute Gasteiger partial charge is 0.497 e. The predicted molar refractivity (Wildman–Crippen MR) is 114 cm³/mol. The van der Waals surface area contributed by atoms with Gasteiger partial charge in [-0.3, -0.25) is 0 Å². The smallest absolute Gasteiger partial charge is 0.230 e. The molecule has 0 radical (unpaired) electrons. The molecule has 3 rings (SSSR count). The number of allylic oxidation sites excluding steroid dienone is 1. The number of hydrogen-bond donors (Lipinski definition) is 1. The van der Waals surface area contributed by atoms with Gasteiger partial charge in [-0.15, -0.1) is 0 Å². The number of aromatic nitrogens is 4. The normalized spacial score (nSPS) is 11.2. The third-order valence-electron chi connectivity index (χ3n) is 4.50. The Kier molecular flexibility index (Phi) is 5.50. The summed E-state index contributed by atoms with van der Waals surface area (Å²) in [6.45, 7) is 4.02. The summed E-state index contributed by atoms with van der Waals surface area (Å²) in [6, 6.07) is 12.0. The fourth-order valence-corrected chi connectivity index (χ4v) is 3.07. The van der Waals surface area contributed by atoms with Crippen LogP contribution in [0, 0.1) is 25.2 Å². The number of benzene rings is 1. The third kappa shape index (κ3) is 4.04. The van der Waals surface area contributed by atoms with Crippen LogP contribution in [0.1, 0.15) is 22.8 Å². The van der Waals surface area contributed by atoms with Crippen LogP contribution in [0.2, 0.25) is 0 Å². The Labute approximate surface area is 169 Å². The molecule has 0 aliphatic carbocycles. The van der Waals surface area contributed by atoms with Crippen molar-refractivity contribution in [2.45, 2.75) is 13.8 Å². The van der Waals surface area contributed by atoms with Gasteiger partial charge in [-0.2, -0.15) is 20.2 Å². The average molecular weight is 389 g/mol. The quantitative estimate of drug-likeness (QED) is 0.669. The Bertz CT molecular complexity index is 1110. The first kappa shape index (κ1) is 19.9. The van der Waals surface area contributed by atoms with Gasteiger partial charge in [0.2, 0.25) is 11.9 Å². The van der Waals surface area contributed by atoms with E-state index in [1.807, 2.05) is 44.2 Å². The van der Waals surface area contributed by atoms with Crippen molar-refractivity contribution in [1.82, 2.24) is 19.5 Å². The molecule has 0 spiro atoms. The second kappa shape index (κ2) is 8.02. The summed E-state index contributed by atoms with van der Waals surface area (Å²) in [5.41, 5.74) is 10.1. The number of nitrogens with zero attached hydrogens (tertiary/aromatic N) is 6. The molecule has 148 valence electrons. The molecule has 3 aromatic rings. The van der Waals surface area contributed by atoms with Crippen LogP contribution in [0.3, 0.4) is 0 Å². The van der Waals surface area contributed by atoms with Crippen molar-refractivity contribution in [2.24, 2.45) is 0 Å². The molecule has 8 heteroatoms. The summed E-state index contributed by atoms with van der Waals surface area (Å²) in [6.07, 6.45) is 1.77. The Morgan fingerprint density at radius 1 is 1.17 bits per heavy atom. The number of nitriles is 1. The van der Waals surface area contributed by atoms with Gasteiger partial charge in [-0.05, 0) is 55.8 Å². The maximum absolute atomic E-state index is 9.71. The third-order valence-corrected chi connectivity index (χ3v) is 4.50. The molecule has 2 heterocycles. The second-order valence-corrected chi connectivity index (χ2v) is 6.74. The first-order valence-electron chi connectivity index (χ1n) is 8.98. The van der Waals surface area contributed by atoms with Gasteiger partial charge in [0, 0.05) is 31.2 Å². The summed E-state index contributed by atoms with van der Waals surface area (Å²) in [4.78, 5) is 14.3. The highest BCUT2D eigenvalue weighted by atomic mass is 16.5. The number of nitrogen functional groups attached to an aromatic ring is 1. The van der Waals surface area contributed by atoms with E-state index in [0.29, 0.717) is 11.5 Å². The van der Waals surface area contributed by atoms with E-state index in [-0.39, 0.29) is 11.8 Å².